The summed E-state index contributed by atoms with van der Waals surface area (Å²) in [4.78, 5) is 10.9. The van der Waals surface area contributed by atoms with Gasteiger partial charge in [-0.1, -0.05) is 12.1 Å². The van der Waals surface area contributed by atoms with Gasteiger partial charge in [-0.2, -0.15) is 8.78 Å². The second-order valence-corrected chi connectivity index (χ2v) is 10.4. The van der Waals surface area contributed by atoms with Crippen molar-refractivity contribution in [2.45, 2.75) is 56.9 Å². The van der Waals surface area contributed by atoms with Crippen LogP contribution in [0, 0.1) is 0 Å². The third-order valence-corrected chi connectivity index (χ3v) is 7.53. The van der Waals surface area contributed by atoms with Gasteiger partial charge in [0.25, 0.3) is 5.92 Å². The van der Waals surface area contributed by atoms with Crippen molar-refractivity contribution in [3.05, 3.63) is 40.6 Å². The van der Waals surface area contributed by atoms with Gasteiger partial charge in [0.15, 0.2) is 0 Å². The maximum absolute atomic E-state index is 14.6. The van der Waals surface area contributed by atoms with Crippen LogP contribution < -0.4 is 10.0 Å². The molecule has 2 N–H and O–H groups in total. The molecule has 2 atom stereocenters. The van der Waals surface area contributed by atoms with E-state index >= 15 is 0 Å². The van der Waals surface area contributed by atoms with Crippen molar-refractivity contribution < 1.29 is 17.2 Å². The summed E-state index contributed by atoms with van der Waals surface area (Å²) in [6.07, 6.45) is 2.45. The Morgan fingerprint density at radius 2 is 2.03 bits per heavy atom. The van der Waals surface area contributed by atoms with E-state index in [1.165, 1.54) is 0 Å². The number of primary sulfonamides is 1. The second kappa shape index (κ2) is 6.68. The van der Waals surface area contributed by atoms with Crippen LogP contribution in [0.1, 0.15) is 54.5 Å². The Bertz CT molecular complexity index is 1140. The number of alkyl halides is 2. The summed E-state index contributed by atoms with van der Waals surface area (Å²) >= 11 is 0. The minimum atomic E-state index is -3.60. The Hall–Kier alpha value is -2.13. The summed E-state index contributed by atoms with van der Waals surface area (Å²) in [6.45, 7) is 2.79. The summed E-state index contributed by atoms with van der Waals surface area (Å²) in [5.74, 6) is -2.89. The topological polar surface area (TPSA) is 89.2 Å². The van der Waals surface area contributed by atoms with Gasteiger partial charge < -0.3 is 4.90 Å². The summed E-state index contributed by atoms with van der Waals surface area (Å²) in [5, 5.41) is 5.28. The molecule has 2 aliphatic carbocycles. The van der Waals surface area contributed by atoms with Crippen molar-refractivity contribution in [3.8, 4) is 11.3 Å². The molecule has 2 heterocycles. The van der Waals surface area contributed by atoms with Crippen LogP contribution in [0.15, 0.2) is 18.2 Å². The van der Waals surface area contributed by atoms with E-state index in [9.17, 15) is 17.2 Å². The first-order valence-electron chi connectivity index (χ1n) is 10.3. The number of hydrogen-bond acceptors (Lipinski definition) is 5. The van der Waals surface area contributed by atoms with Gasteiger partial charge in [-0.3, -0.25) is 0 Å². The summed E-state index contributed by atoms with van der Waals surface area (Å²) in [7, 11) is -3.60. The fraction of sp³-hybridized carbons (Fsp3) is 0.524. The number of sulfonamides is 1. The highest BCUT2D eigenvalue weighted by molar-refractivity contribution is 7.89. The molecule has 1 aliphatic heterocycles. The van der Waals surface area contributed by atoms with Gasteiger partial charge in [0.1, 0.15) is 5.69 Å². The Balaban J connectivity index is 1.62. The van der Waals surface area contributed by atoms with E-state index < -0.39 is 15.9 Å². The van der Waals surface area contributed by atoms with Crippen LogP contribution in [0.2, 0.25) is 0 Å². The lowest BCUT2D eigenvalue weighted by atomic mass is 9.97. The molecule has 0 amide bonds. The van der Waals surface area contributed by atoms with E-state index in [-0.39, 0.29) is 36.2 Å². The number of aromatic nitrogens is 2. The predicted octanol–water partition coefficient (Wildman–Crippen LogP) is 3.10. The van der Waals surface area contributed by atoms with Crippen molar-refractivity contribution in [2.75, 3.05) is 17.2 Å². The lowest BCUT2D eigenvalue weighted by molar-refractivity contribution is -0.00595. The van der Waals surface area contributed by atoms with Crippen LogP contribution in [-0.2, 0) is 28.8 Å². The molecule has 30 heavy (non-hydrogen) atoms. The number of aryl methyl sites for hydroxylation is 1. The summed E-state index contributed by atoms with van der Waals surface area (Å²) in [5.41, 5.74) is 3.62. The van der Waals surface area contributed by atoms with Gasteiger partial charge in [0.05, 0.1) is 11.4 Å². The molecule has 160 valence electrons. The van der Waals surface area contributed by atoms with Crippen LogP contribution in [0.5, 0.6) is 0 Å². The first-order valence-corrected chi connectivity index (χ1v) is 12.0. The third-order valence-electron chi connectivity index (χ3n) is 6.66. The molecule has 9 heteroatoms. The molecule has 0 spiro atoms. The SMILES string of the molecule is C[C@H]1CCN1c1nc(-c2ccc3c(c2)[C@H](CS(N)(=O)=O)CC3)c2c(n1)C(F)(F)CC2. The molecule has 1 aromatic heterocycles. The largest absolute Gasteiger partial charge is 0.338 e. The first-order chi connectivity index (χ1) is 14.1. The zero-order valence-electron chi connectivity index (χ0n) is 16.7. The molecule has 0 saturated carbocycles. The van der Waals surface area contributed by atoms with E-state index in [1.54, 1.807) is 0 Å². The lowest BCUT2D eigenvalue weighted by Gasteiger charge is -2.39. The standard InChI is InChI=1S/C21H24F2N4O2S/c1-12-7-9-27(12)20-25-18(16-6-8-21(22,23)19(16)26-20)14-4-2-13-3-5-15(17(13)10-14)11-30(24,28)29/h2,4,10,12,15H,3,5-9,11H2,1H3,(H2,24,28,29)/t12-,15-/m0/s1. The molecule has 1 aromatic carbocycles. The molecule has 1 fully saturated rings. The van der Waals surface area contributed by atoms with E-state index in [0.29, 0.717) is 23.6 Å². The van der Waals surface area contributed by atoms with Crippen LogP contribution in [0.3, 0.4) is 0 Å². The number of halogens is 2. The van der Waals surface area contributed by atoms with Gasteiger partial charge in [0.2, 0.25) is 16.0 Å². The highest BCUT2D eigenvalue weighted by Gasteiger charge is 2.44. The van der Waals surface area contributed by atoms with Crippen molar-refractivity contribution in [2.24, 2.45) is 5.14 Å². The molecule has 1 saturated heterocycles. The number of nitrogens with zero attached hydrogens (tertiary/aromatic N) is 3. The Labute approximate surface area is 174 Å². The fourth-order valence-corrected chi connectivity index (χ4v) is 5.79. The molecule has 0 bridgehead atoms. The van der Waals surface area contributed by atoms with Crippen molar-refractivity contribution in [1.82, 2.24) is 9.97 Å². The summed E-state index contributed by atoms with van der Waals surface area (Å²) in [6, 6.07) is 6.01. The Kier molecular flexibility index (Phi) is 4.41. The van der Waals surface area contributed by atoms with Crippen molar-refractivity contribution in [1.29, 1.82) is 0 Å². The van der Waals surface area contributed by atoms with E-state index in [1.807, 2.05) is 30.0 Å². The number of benzene rings is 1. The van der Waals surface area contributed by atoms with Gasteiger partial charge in [-0.15, -0.1) is 0 Å². The molecule has 0 unspecified atom stereocenters. The minimum Gasteiger partial charge on any atom is -0.338 e. The number of fused-ring (bicyclic) bond motifs is 2. The maximum atomic E-state index is 14.6. The summed E-state index contributed by atoms with van der Waals surface area (Å²) < 4.78 is 52.4. The monoisotopic (exact) mass is 434 g/mol. The van der Waals surface area contributed by atoms with Gasteiger partial charge in [-0.25, -0.2) is 23.5 Å². The molecule has 2 aromatic rings. The van der Waals surface area contributed by atoms with E-state index in [0.717, 1.165) is 36.1 Å². The highest BCUT2D eigenvalue weighted by atomic mass is 32.2. The Morgan fingerprint density at radius 3 is 2.70 bits per heavy atom. The van der Waals surface area contributed by atoms with Crippen LogP contribution in [-0.4, -0.2) is 36.7 Å². The first kappa shape index (κ1) is 19.8. The number of hydrogen-bond donors (Lipinski definition) is 1. The van der Waals surface area contributed by atoms with E-state index in [4.69, 9.17) is 10.1 Å². The Morgan fingerprint density at radius 1 is 1.23 bits per heavy atom. The lowest BCUT2D eigenvalue weighted by Crippen LogP contribution is -2.47. The van der Waals surface area contributed by atoms with Crippen LogP contribution >= 0.6 is 0 Å². The van der Waals surface area contributed by atoms with Gasteiger partial charge in [0, 0.05) is 30.1 Å². The molecular weight excluding hydrogens is 410 g/mol. The zero-order chi connectivity index (χ0) is 21.3. The van der Waals surface area contributed by atoms with Gasteiger partial charge in [-0.05, 0) is 55.7 Å². The number of rotatable bonds is 4. The quantitative estimate of drug-likeness (QED) is 0.799. The highest BCUT2D eigenvalue weighted by Crippen LogP contribution is 2.45. The molecule has 6 nitrogen and oxygen atoms in total. The average Bonchev–Trinajstić information content (AvgIpc) is 3.19. The number of anilines is 1. The van der Waals surface area contributed by atoms with Crippen molar-refractivity contribution in [3.63, 3.8) is 0 Å². The second-order valence-electron chi connectivity index (χ2n) is 8.71. The minimum absolute atomic E-state index is 0.111. The van der Waals surface area contributed by atoms with Crippen LogP contribution in [0.4, 0.5) is 14.7 Å². The smallest absolute Gasteiger partial charge is 0.290 e. The molecule has 0 radical (unpaired) electrons. The third kappa shape index (κ3) is 3.28. The average molecular weight is 435 g/mol. The fourth-order valence-electron chi connectivity index (χ4n) is 4.88. The van der Waals surface area contributed by atoms with Crippen molar-refractivity contribution >= 4 is 16.0 Å². The molecule has 5 rings (SSSR count). The number of nitrogens with two attached hydrogens (primary N) is 1. The maximum Gasteiger partial charge on any atom is 0.290 e. The predicted molar refractivity (Wildman–Crippen MR) is 110 cm³/mol. The normalized spacial score (nSPS) is 24.5. The van der Waals surface area contributed by atoms with E-state index in [2.05, 4.69) is 4.98 Å². The molecular formula is C21H24F2N4O2S. The zero-order valence-corrected chi connectivity index (χ0v) is 17.6. The molecule has 3 aliphatic rings. The van der Waals surface area contributed by atoms with Gasteiger partial charge >= 0.3 is 0 Å². The van der Waals surface area contributed by atoms with Crippen LogP contribution in [0.25, 0.3) is 11.3 Å².